The number of carbonyl (C=O) groups excluding carboxylic acids is 1. The second-order valence-corrected chi connectivity index (χ2v) is 4.40. The average Bonchev–Trinajstić information content (AvgIpc) is 2.66. The van der Waals surface area contributed by atoms with Gasteiger partial charge in [0, 0.05) is 26.2 Å². The van der Waals surface area contributed by atoms with E-state index in [2.05, 4.69) is 26.1 Å². The summed E-state index contributed by atoms with van der Waals surface area (Å²) < 4.78 is 5.87. The van der Waals surface area contributed by atoms with Crippen LogP contribution in [-0.2, 0) is 0 Å². The Labute approximate surface area is 96.7 Å². The normalized spacial score (nSPS) is 17.9. The van der Waals surface area contributed by atoms with E-state index in [0.29, 0.717) is 12.3 Å². The van der Waals surface area contributed by atoms with Gasteiger partial charge in [0.15, 0.2) is 5.76 Å². The first-order chi connectivity index (χ1) is 7.27. The van der Waals surface area contributed by atoms with Crippen molar-refractivity contribution in [2.24, 2.45) is 0 Å². The van der Waals surface area contributed by atoms with Gasteiger partial charge in [0.1, 0.15) is 0 Å². The molecule has 0 spiro atoms. The van der Waals surface area contributed by atoms with E-state index in [4.69, 9.17) is 4.42 Å². The lowest BCUT2D eigenvalue weighted by molar-refractivity contribution is 0.0893. The molecule has 0 amide bonds. The first-order valence-corrected chi connectivity index (χ1v) is 5.76. The van der Waals surface area contributed by atoms with E-state index in [1.807, 2.05) is 0 Å². The molecule has 0 atom stereocenters. The third-order valence-electron chi connectivity index (χ3n) is 2.45. The van der Waals surface area contributed by atoms with Crippen molar-refractivity contribution < 1.29 is 9.21 Å². The lowest BCUT2D eigenvalue weighted by Crippen LogP contribution is -2.45. The molecule has 0 aliphatic carbocycles. The molecule has 1 aromatic rings. The Kier molecular flexibility index (Phi) is 3.56. The maximum atomic E-state index is 11.8. The Morgan fingerprint density at radius 2 is 2.27 bits per heavy atom. The Bertz CT molecular complexity index is 345. The molecule has 1 aromatic heterocycles. The molecule has 1 saturated heterocycles. The minimum Gasteiger partial charge on any atom is -0.460 e. The fourth-order valence-electron chi connectivity index (χ4n) is 1.64. The summed E-state index contributed by atoms with van der Waals surface area (Å²) in [7, 11) is 0. The SMILES string of the molecule is O=C(CN1CCNCC1)c1occc1Br. The van der Waals surface area contributed by atoms with Crippen LogP contribution in [0, 0.1) is 0 Å². The van der Waals surface area contributed by atoms with Gasteiger partial charge in [0.25, 0.3) is 0 Å². The molecule has 5 heteroatoms. The largest absolute Gasteiger partial charge is 0.460 e. The van der Waals surface area contributed by atoms with Crippen molar-refractivity contribution in [1.82, 2.24) is 10.2 Å². The van der Waals surface area contributed by atoms with Crippen LogP contribution in [0.25, 0.3) is 0 Å². The van der Waals surface area contributed by atoms with E-state index in [0.717, 1.165) is 30.7 Å². The number of nitrogens with one attached hydrogen (secondary N) is 1. The topological polar surface area (TPSA) is 45.5 Å². The number of furan rings is 1. The molecule has 2 heterocycles. The van der Waals surface area contributed by atoms with Gasteiger partial charge in [-0.2, -0.15) is 0 Å². The fraction of sp³-hybridized carbons (Fsp3) is 0.500. The first kappa shape index (κ1) is 10.9. The summed E-state index contributed by atoms with van der Waals surface area (Å²) in [5, 5.41) is 3.25. The second-order valence-electron chi connectivity index (χ2n) is 3.55. The van der Waals surface area contributed by atoms with Crippen LogP contribution in [0.3, 0.4) is 0 Å². The number of rotatable bonds is 3. The smallest absolute Gasteiger partial charge is 0.213 e. The quantitative estimate of drug-likeness (QED) is 0.839. The molecule has 0 aromatic carbocycles. The Morgan fingerprint density at radius 1 is 1.53 bits per heavy atom. The molecule has 0 saturated carbocycles. The summed E-state index contributed by atoms with van der Waals surface area (Å²) in [6.45, 7) is 4.18. The molecule has 82 valence electrons. The van der Waals surface area contributed by atoms with Crippen molar-refractivity contribution in [2.75, 3.05) is 32.7 Å². The second kappa shape index (κ2) is 4.92. The van der Waals surface area contributed by atoms with Gasteiger partial charge >= 0.3 is 0 Å². The number of Topliss-reactive ketones (excluding diaryl/α,β-unsaturated/α-hetero) is 1. The summed E-state index contributed by atoms with van der Waals surface area (Å²) in [6.07, 6.45) is 1.52. The maximum Gasteiger partial charge on any atom is 0.213 e. The van der Waals surface area contributed by atoms with E-state index in [1.54, 1.807) is 6.07 Å². The Balaban J connectivity index is 1.94. The molecule has 4 nitrogen and oxygen atoms in total. The van der Waals surface area contributed by atoms with Gasteiger partial charge in [-0.1, -0.05) is 0 Å². The number of halogens is 1. The number of nitrogens with zero attached hydrogens (tertiary/aromatic N) is 1. The predicted octanol–water partition coefficient (Wildman–Crippen LogP) is 1.13. The molecular weight excluding hydrogens is 260 g/mol. The van der Waals surface area contributed by atoms with E-state index in [1.165, 1.54) is 6.26 Å². The zero-order chi connectivity index (χ0) is 10.7. The highest BCUT2D eigenvalue weighted by atomic mass is 79.9. The van der Waals surface area contributed by atoms with Gasteiger partial charge in [-0.15, -0.1) is 0 Å². The zero-order valence-corrected chi connectivity index (χ0v) is 9.92. The number of hydrogen-bond donors (Lipinski definition) is 1. The number of hydrogen-bond acceptors (Lipinski definition) is 4. The summed E-state index contributed by atoms with van der Waals surface area (Å²) in [5.74, 6) is 0.460. The third kappa shape index (κ3) is 2.68. The zero-order valence-electron chi connectivity index (χ0n) is 8.33. The van der Waals surface area contributed by atoms with Crippen molar-refractivity contribution in [3.8, 4) is 0 Å². The molecule has 1 fully saturated rings. The van der Waals surface area contributed by atoms with E-state index < -0.39 is 0 Å². The molecule has 1 aliphatic rings. The molecule has 1 aliphatic heterocycles. The highest BCUT2D eigenvalue weighted by molar-refractivity contribution is 9.10. The van der Waals surface area contributed by atoms with Crippen LogP contribution in [0.4, 0.5) is 0 Å². The van der Waals surface area contributed by atoms with Crippen LogP contribution in [0.1, 0.15) is 10.6 Å². The van der Waals surface area contributed by atoms with Crippen molar-refractivity contribution >= 4 is 21.7 Å². The van der Waals surface area contributed by atoms with Gasteiger partial charge in [-0.25, -0.2) is 0 Å². The lowest BCUT2D eigenvalue weighted by atomic mass is 10.2. The molecular formula is C10H13BrN2O2. The van der Waals surface area contributed by atoms with Crippen LogP contribution >= 0.6 is 15.9 Å². The summed E-state index contributed by atoms with van der Waals surface area (Å²) >= 11 is 3.29. The van der Waals surface area contributed by atoms with Gasteiger partial charge in [-0.05, 0) is 22.0 Å². The third-order valence-corrected chi connectivity index (χ3v) is 3.07. The molecule has 2 rings (SSSR count). The number of ketones is 1. The van der Waals surface area contributed by atoms with Crippen molar-refractivity contribution in [2.45, 2.75) is 0 Å². The average molecular weight is 273 g/mol. The molecule has 0 bridgehead atoms. The van der Waals surface area contributed by atoms with Crippen LogP contribution in [0.2, 0.25) is 0 Å². The molecule has 15 heavy (non-hydrogen) atoms. The molecule has 1 N–H and O–H groups in total. The van der Waals surface area contributed by atoms with Gasteiger partial charge in [0.2, 0.25) is 5.78 Å². The maximum absolute atomic E-state index is 11.8. The standard InChI is InChI=1S/C10H13BrN2O2/c11-8-1-6-15-10(8)9(14)7-13-4-2-12-3-5-13/h1,6,12H,2-5,7H2. The van der Waals surface area contributed by atoms with E-state index in [-0.39, 0.29) is 5.78 Å². The minimum atomic E-state index is 0.0359. The van der Waals surface area contributed by atoms with Crippen LogP contribution in [-0.4, -0.2) is 43.4 Å². The van der Waals surface area contributed by atoms with Gasteiger partial charge in [-0.3, -0.25) is 9.69 Å². The monoisotopic (exact) mass is 272 g/mol. The Hall–Kier alpha value is -0.650. The minimum absolute atomic E-state index is 0.0359. The highest BCUT2D eigenvalue weighted by Crippen LogP contribution is 2.18. The Morgan fingerprint density at radius 3 is 2.87 bits per heavy atom. The highest BCUT2D eigenvalue weighted by Gasteiger charge is 2.18. The van der Waals surface area contributed by atoms with E-state index in [9.17, 15) is 4.79 Å². The van der Waals surface area contributed by atoms with Gasteiger partial charge in [0.05, 0.1) is 17.3 Å². The van der Waals surface area contributed by atoms with E-state index >= 15 is 0 Å². The number of carbonyl (C=O) groups is 1. The van der Waals surface area contributed by atoms with Gasteiger partial charge < -0.3 is 9.73 Å². The van der Waals surface area contributed by atoms with Crippen molar-refractivity contribution in [3.05, 3.63) is 22.6 Å². The van der Waals surface area contributed by atoms with Crippen molar-refractivity contribution in [1.29, 1.82) is 0 Å². The molecule has 0 radical (unpaired) electrons. The lowest BCUT2D eigenvalue weighted by Gasteiger charge is -2.25. The first-order valence-electron chi connectivity index (χ1n) is 4.96. The fourth-order valence-corrected chi connectivity index (χ4v) is 2.06. The molecule has 0 unspecified atom stereocenters. The van der Waals surface area contributed by atoms with Crippen molar-refractivity contribution in [3.63, 3.8) is 0 Å². The van der Waals surface area contributed by atoms with Crippen LogP contribution in [0.5, 0.6) is 0 Å². The summed E-state index contributed by atoms with van der Waals surface area (Å²) in [6, 6.07) is 1.74. The van der Waals surface area contributed by atoms with Crippen LogP contribution < -0.4 is 5.32 Å². The summed E-state index contributed by atoms with van der Waals surface area (Å²) in [5.41, 5.74) is 0. The number of piperazine rings is 1. The van der Waals surface area contributed by atoms with Crippen LogP contribution in [0.15, 0.2) is 21.2 Å². The predicted molar refractivity (Wildman–Crippen MR) is 60.0 cm³/mol. The summed E-state index contributed by atoms with van der Waals surface area (Å²) in [4.78, 5) is 13.9.